The van der Waals surface area contributed by atoms with Crippen molar-refractivity contribution in [3.63, 3.8) is 0 Å². The predicted molar refractivity (Wildman–Crippen MR) is 79.5 cm³/mol. The molecule has 0 aliphatic carbocycles. The molecule has 0 amide bonds. The quantitative estimate of drug-likeness (QED) is 0.465. The number of aryl methyl sites for hydroxylation is 1. The first-order valence-electron chi connectivity index (χ1n) is 6.88. The van der Waals surface area contributed by atoms with Crippen molar-refractivity contribution in [2.45, 2.75) is 6.54 Å². The normalized spacial score (nSPS) is 11.2. The van der Waals surface area contributed by atoms with Crippen LogP contribution in [0.15, 0.2) is 9.59 Å². The van der Waals surface area contributed by atoms with E-state index < -0.39 is 11.2 Å². The molecule has 0 radical (unpaired) electrons. The number of nitrogens with zero attached hydrogens (tertiary/aromatic N) is 5. The molecule has 10 nitrogen and oxygen atoms in total. The minimum Gasteiger partial charge on any atom is -0.395 e. The summed E-state index contributed by atoms with van der Waals surface area (Å²) in [7, 11) is 2.92. The SMILES string of the molecule is Cn1c(=O)c2nc(CNCCNCCO)nnc2n(C)c1=O. The van der Waals surface area contributed by atoms with Crippen LogP contribution in [0, 0.1) is 0 Å². The average Bonchev–Trinajstić information content (AvgIpc) is 2.54. The summed E-state index contributed by atoms with van der Waals surface area (Å²) >= 11 is 0. The number of nitrogens with one attached hydrogen (secondary N) is 2. The molecule has 0 fully saturated rings. The summed E-state index contributed by atoms with van der Waals surface area (Å²) in [5.74, 6) is 0.380. The van der Waals surface area contributed by atoms with E-state index in [1.54, 1.807) is 0 Å². The van der Waals surface area contributed by atoms with Crippen LogP contribution in [-0.4, -0.2) is 55.7 Å². The Morgan fingerprint density at radius 2 is 1.77 bits per heavy atom. The minimum absolute atomic E-state index is 0.0969. The van der Waals surface area contributed by atoms with E-state index in [0.29, 0.717) is 32.0 Å². The molecule has 10 heteroatoms. The molecule has 2 heterocycles. The fraction of sp³-hybridized carbons (Fsp3) is 0.583. The van der Waals surface area contributed by atoms with Gasteiger partial charge >= 0.3 is 5.69 Å². The summed E-state index contributed by atoms with van der Waals surface area (Å²) < 4.78 is 2.24. The molecule has 0 atom stereocenters. The van der Waals surface area contributed by atoms with Gasteiger partial charge in [-0.05, 0) is 0 Å². The Kier molecular flexibility index (Phi) is 5.31. The minimum atomic E-state index is -0.487. The number of hydrogen-bond donors (Lipinski definition) is 3. The van der Waals surface area contributed by atoms with Gasteiger partial charge in [0, 0.05) is 33.7 Å². The lowest BCUT2D eigenvalue weighted by Crippen LogP contribution is -2.38. The Hall–Kier alpha value is -2.17. The number of aliphatic hydroxyl groups is 1. The first-order valence-corrected chi connectivity index (χ1v) is 6.88. The van der Waals surface area contributed by atoms with Gasteiger partial charge in [0.1, 0.15) is 0 Å². The van der Waals surface area contributed by atoms with Crippen LogP contribution in [0.2, 0.25) is 0 Å². The van der Waals surface area contributed by atoms with Crippen LogP contribution >= 0.6 is 0 Å². The molecule has 0 unspecified atom stereocenters. The Morgan fingerprint density at radius 3 is 2.50 bits per heavy atom. The molecule has 0 aromatic carbocycles. The van der Waals surface area contributed by atoms with Crippen molar-refractivity contribution in [1.29, 1.82) is 0 Å². The van der Waals surface area contributed by atoms with Crippen LogP contribution in [0.3, 0.4) is 0 Å². The average molecular weight is 309 g/mol. The predicted octanol–water partition coefficient (Wildman–Crippen LogP) is -2.91. The van der Waals surface area contributed by atoms with Crippen LogP contribution in [-0.2, 0) is 20.6 Å². The number of fused-ring (bicyclic) bond motifs is 1. The fourth-order valence-electron chi connectivity index (χ4n) is 1.94. The molecule has 0 saturated carbocycles. The van der Waals surface area contributed by atoms with E-state index in [-0.39, 0.29) is 17.8 Å². The van der Waals surface area contributed by atoms with E-state index in [4.69, 9.17) is 5.11 Å². The van der Waals surface area contributed by atoms with E-state index in [0.717, 1.165) is 4.57 Å². The lowest BCUT2D eigenvalue weighted by Gasteiger charge is -2.07. The Balaban J connectivity index is 2.14. The lowest BCUT2D eigenvalue weighted by molar-refractivity contribution is 0.292. The van der Waals surface area contributed by atoms with Crippen LogP contribution < -0.4 is 21.9 Å². The molecule has 0 aliphatic heterocycles. The van der Waals surface area contributed by atoms with Gasteiger partial charge in [0.15, 0.2) is 17.0 Å². The molecule has 2 aromatic rings. The highest BCUT2D eigenvalue weighted by Crippen LogP contribution is 1.99. The molecule has 2 aromatic heterocycles. The Morgan fingerprint density at radius 1 is 1.05 bits per heavy atom. The third kappa shape index (κ3) is 3.35. The fourth-order valence-corrected chi connectivity index (χ4v) is 1.94. The smallest absolute Gasteiger partial charge is 0.332 e. The monoisotopic (exact) mass is 309 g/mol. The number of rotatable bonds is 7. The summed E-state index contributed by atoms with van der Waals surface area (Å²) in [6, 6.07) is 0. The van der Waals surface area contributed by atoms with E-state index in [1.165, 1.54) is 18.7 Å². The molecule has 0 aliphatic rings. The summed E-state index contributed by atoms with van der Waals surface area (Å²) in [4.78, 5) is 28.0. The molecule has 0 saturated heterocycles. The van der Waals surface area contributed by atoms with E-state index >= 15 is 0 Å². The number of aromatic nitrogens is 5. The van der Waals surface area contributed by atoms with Crippen LogP contribution in [0.5, 0.6) is 0 Å². The standard InChI is InChI=1S/C12H19N7O3/c1-18-10-9(11(21)19(2)12(18)22)15-8(16-17-10)7-14-4-3-13-5-6-20/h13-14,20H,3-7H2,1-2H3. The largest absolute Gasteiger partial charge is 0.395 e. The highest BCUT2D eigenvalue weighted by atomic mass is 16.3. The summed E-state index contributed by atoms with van der Waals surface area (Å²) in [6.45, 7) is 2.35. The molecule has 22 heavy (non-hydrogen) atoms. The molecular formula is C12H19N7O3. The summed E-state index contributed by atoms with van der Waals surface area (Å²) in [6.07, 6.45) is 0. The van der Waals surface area contributed by atoms with Crippen molar-refractivity contribution in [2.75, 3.05) is 26.2 Å². The van der Waals surface area contributed by atoms with Crippen molar-refractivity contribution >= 4 is 11.2 Å². The summed E-state index contributed by atoms with van der Waals surface area (Å²) in [5.41, 5.74) is -0.662. The Labute approximate surface area is 125 Å². The molecule has 0 bridgehead atoms. The van der Waals surface area contributed by atoms with E-state index in [1.807, 2.05) is 0 Å². The second kappa shape index (κ2) is 7.20. The number of aliphatic hydroxyl groups excluding tert-OH is 1. The second-order valence-electron chi connectivity index (χ2n) is 4.76. The van der Waals surface area contributed by atoms with Crippen LogP contribution in [0.1, 0.15) is 5.82 Å². The first-order chi connectivity index (χ1) is 10.6. The maximum Gasteiger partial charge on any atom is 0.332 e. The van der Waals surface area contributed by atoms with Gasteiger partial charge in [-0.1, -0.05) is 0 Å². The van der Waals surface area contributed by atoms with Gasteiger partial charge in [0.05, 0.1) is 13.2 Å². The second-order valence-corrected chi connectivity index (χ2v) is 4.76. The lowest BCUT2D eigenvalue weighted by atomic mass is 10.4. The van der Waals surface area contributed by atoms with Gasteiger partial charge in [0.2, 0.25) is 0 Å². The van der Waals surface area contributed by atoms with Crippen molar-refractivity contribution in [3.8, 4) is 0 Å². The van der Waals surface area contributed by atoms with Gasteiger partial charge in [-0.3, -0.25) is 13.9 Å². The van der Waals surface area contributed by atoms with Gasteiger partial charge in [-0.15, -0.1) is 10.2 Å². The molecule has 3 N–H and O–H groups in total. The van der Waals surface area contributed by atoms with Gasteiger partial charge < -0.3 is 15.7 Å². The van der Waals surface area contributed by atoms with Crippen LogP contribution in [0.4, 0.5) is 0 Å². The third-order valence-electron chi connectivity index (χ3n) is 3.16. The van der Waals surface area contributed by atoms with Crippen molar-refractivity contribution in [1.82, 2.24) is 34.9 Å². The van der Waals surface area contributed by atoms with E-state index in [9.17, 15) is 9.59 Å². The maximum atomic E-state index is 12.1. The topological polar surface area (TPSA) is 127 Å². The molecular weight excluding hydrogens is 290 g/mol. The maximum absolute atomic E-state index is 12.1. The van der Waals surface area contributed by atoms with Crippen molar-refractivity contribution in [2.24, 2.45) is 14.1 Å². The van der Waals surface area contributed by atoms with Gasteiger partial charge in [-0.2, -0.15) is 0 Å². The third-order valence-corrected chi connectivity index (χ3v) is 3.16. The van der Waals surface area contributed by atoms with Crippen molar-refractivity contribution < 1.29 is 5.11 Å². The first kappa shape index (κ1) is 16.2. The zero-order chi connectivity index (χ0) is 16.1. The zero-order valence-corrected chi connectivity index (χ0v) is 12.5. The number of hydrogen-bond acceptors (Lipinski definition) is 8. The zero-order valence-electron chi connectivity index (χ0n) is 12.5. The highest BCUT2D eigenvalue weighted by molar-refractivity contribution is 5.67. The van der Waals surface area contributed by atoms with Crippen molar-refractivity contribution in [3.05, 3.63) is 26.7 Å². The van der Waals surface area contributed by atoms with Gasteiger partial charge in [-0.25, -0.2) is 9.78 Å². The van der Waals surface area contributed by atoms with E-state index in [2.05, 4.69) is 25.8 Å². The molecule has 0 spiro atoms. The molecule has 2 rings (SSSR count). The summed E-state index contributed by atoms with van der Waals surface area (Å²) in [5, 5.41) is 22.6. The highest BCUT2D eigenvalue weighted by Gasteiger charge is 2.12. The Bertz CT molecular complexity index is 768. The molecule has 120 valence electrons. The van der Waals surface area contributed by atoms with Crippen LogP contribution in [0.25, 0.3) is 11.2 Å². The van der Waals surface area contributed by atoms with Gasteiger partial charge in [0.25, 0.3) is 5.56 Å².